The van der Waals surface area contributed by atoms with E-state index in [1.165, 1.54) is 32.0 Å². The van der Waals surface area contributed by atoms with Crippen LogP contribution >= 0.6 is 0 Å². The van der Waals surface area contributed by atoms with E-state index in [4.69, 9.17) is 14.2 Å². The number of hydrogen-bond donors (Lipinski definition) is 3. The predicted octanol–water partition coefficient (Wildman–Crippen LogP) is 2.13. The number of esters is 3. The lowest BCUT2D eigenvalue weighted by Crippen LogP contribution is -2.53. The molecule has 3 N–H and O–H groups in total. The van der Waals surface area contributed by atoms with Crippen LogP contribution in [0.25, 0.3) is 0 Å². The second-order valence-electron chi connectivity index (χ2n) is 9.98. The lowest BCUT2D eigenvalue weighted by Gasteiger charge is -2.31. The Morgan fingerprint density at radius 2 is 1.69 bits per heavy atom. The molecule has 6 atom stereocenters. The van der Waals surface area contributed by atoms with Crippen molar-refractivity contribution >= 4 is 41.7 Å². The number of ether oxygens (including phenoxy) is 3. The highest BCUT2D eigenvalue weighted by atomic mass is 16.6. The third kappa shape index (κ3) is 7.78. The van der Waals surface area contributed by atoms with Crippen LogP contribution in [0.1, 0.15) is 64.7 Å². The van der Waals surface area contributed by atoms with Crippen LogP contribution in [0.2, 0.25) is 0 Å². The number of nitrogens with one attached hydrogen (secondary N) is 2. The van der Waals surface area contributed by atoms with Crippen LogP contribution in [0.15, 0.2) is 18.2 Å². The first-order valence-corrected chi connectivity index (χ1v) is 12.8. The Hall–Kier alpha value is -3.96. The van der Waals surface area contributed by atoms with Crippen LogP contribution in [0.3, 0.4) is 0 Å². The summed E-state index contributed by atoms with van der Waals surface area (Å²) in [4.78, 5) is 76.3. The van der Waals surface area contributed by atoms with Gasteiger partial charge in [0.15, 0.2) is 23.7 Å². The average molecular weight is 549 g/mol. The van der Waals surface area contributed by atoms with Gasteiger partial charge in [0.05, 0.1) is 11.3 Å². The quantitative estimate of drug-likeness (QED) is 0.143. The molecule has 1 heterocycles. The summed E-state index contributed by atoms with van der Waals surface area (Å²) < 4.78 is 16.4. The van der Waals surface area contributed by atoms with Gasteiger partial charge in [-0.25, -0.2) is 9.59 Å². The number of rotatable bonds is 8. The molecule has 0 aliphatic carbocycles. The van der Waals surface area contributed by atoms with Gasteiger partial charge in [0.25, 0.3) is 5.91 Å². The van der Waals surface area contributed by atoms with E-state index in [0.29, 0.717) is 12.8 Å². The first-order chi connectivity index (χ1) is 18.3. The second-order valence-corrected chi connectivity index (χ2v) is 9.98. The number of phenols is 1. The van der Waals surface area contributed by atoms with E-state index in [-0.39, 0.29) is 23.6 Å². The number of carbonyl (C=O) groups excluding carboxylic acids is 6. The molecular weight excluding hydrogens is 512 g/mol. The lowest BCUT2D eigenvalue weighted by molar-refractivity contribution is -0.183. The summed E-state index contributed by atoms with van der Waals surface area (Å²) in [6.07, 6.45) is -3.11. The van der Waals surface area contributed by atoms with Crippen molar-refractivity contribution in [1.29, 1.82) is 0 Å². The molecule has 1 aromatic carbocycles. The van der Waals surface area contributed by atoms with Crippen LogP contribution in [-0.4, -0.2) is 65.5 Å². The maximum Gasteiger partial charge on any atom is 0.348 e. The zero-order valence-electron chi connectivity index (χ0n) is 22.9. The third-order valence-electron chi connectivity index (χ3n) is 6.48. The normalized spacial score (nSPS) is 25.4. The fourth-order valence-electron chi connectivity index (χ4n) is 3.91. The molecule has 12 nitrogen and oxygen atoms in total. The topological polar surface area (TPSA) is 174 Å². The highest BCUT2D eigenvalue weighted by Gasteiger charge is 2.42. The number of benzene rings is 1. The van der Waals surface area contributed by atoms with Gasteiger partial charge in [0, 0.05) is 5.92 Å². The minimum absolute atomic E-state index is 0.0531. The summed E-state index contributed by atoms with van der Waals surface area (Å²) in [6, 6.07) is 2.35. The van der Waals surface area contributed by atoms with Crippen molar-refractivity contribution in [1.82, 2.24) is 5.32 Å². The first-order valence-electron chi connectivity index (χ1n) is 12.8. The molecule has 0 radical (unpaired) electrons. The Morgan fingerprint density at radius 1 is 1.03 bits per heavy atom. The van der Waals surface area contributed by atoms with Crippen LogP contribution in [0.4, 0.5) is 5.69 Å². The Kier molecular flexibility index (Phi) is 11.0. The van der Waals surface area contributed by atoms with E-state index in [1.54, 1.807) is 13.8 Å². The molecular formula is C27H36N2O10. The van der Waals surface area contributed by atoms with Crippen molar-refractivity contribution in [3.05, 3.63) is 23.8 Å². The molecule has 214 valence electrons. The first kappa shape index (κ1) is 31.3. The fourth-order valence-corrected chi connectivity index (χ4v) is 3.91. The van der Waals surface area contributed by atoms with E-state index in [9.17, 15) is 33.9 Å². The highest BCUT2D eigenvalue weighted by Crippen LogP contribution is 2.27. The molecule has 0 aromatic heterocycles. The maximum absolute atomic E-state index is 13.3. The molecule has 1 saturated heterocycles. The van der Waals surface area contributed by atoms with Gasteiger partial charge in [-0.2, -0.15) is 0 Å². The van der Waals surface area contributed by atoms with E-state index in [0.717, 1.165) is 0 Å². The summed E-state index contributed by atoms with van der Waals surface area (Å²) in [5, 5.41) is 15.0. The number of ketones is 1. The van der Waals surface area contributed by atoms with E-state index in [2.05, 4.69) is 10.6 Å². The van der Waals surface area contributed by atoms with Gasteiger partial charge in [-0.15, -0.1) is 0 Å². The van der Waals surface area contributed by atoms with Crippen LogP contribution < -0.4 is 10.6 Å². The summed E-state index contributed by atoms with van der Waals surface area (Å²) >= 11 is 0. The van der Waals surface area contributed by atoms with Crippen molar-refractivity contribution < 1.29 is 48.1 Å². The highest BCUT2D eigenvalue weighted by molar-refractivity contribution is 6.03. The molecule has 2 amide bonds. The number of amides is 2. The van der Waals surface area contributed by atoms with Gasteiger partial charge in [-0.3, -0.25) is 19.2 Å². The van der Waals surface area contributed by atoms with E-state index in [1.807, 2.05) is 13.8 Å². The van der Waals surface area contributed by atoms with Crippen LogP contribution in [0.5, 0.6) is 5.75 Å². The molecule has 6 unspecified atom stereocenters. The number of aromatic hydroxyl groups is 1. The predicted molar refractivity (Wildman–Crippen MR) is 137 cm³/mol. The molecule has 0 spiro atoms. The van der Waals surface area contributed by atoms with Crippen LogP contribution in [0, 0.1) is 17.8 Å². The van der Waals surface area contributed by atoms with Crippen molar-refractivity contribution in [3.63, 3.8) is 0 Å². The minimum atomic E-state index is -1.63. The minimum Gasteiger partial charge on any atom is -0.505 e. The standard InChI is InChI=1S/C27H36N2O10/c1-7-14(4)23-27(36)38-19(11-13(2)3)21(31)15(5)25(34)37-16(6)20(26(35)39-23)29-24(33)17-9-8-10-18(22(17)32)28-12-30/h8-10,12-16,19-20,23,32H,7,11H2,1-6H3,(H,28,30)(H,29,33). The van der Waals surface area contributed by atoms with Gasteiger partial charge < -0.3 is 30.0 Å². The zero-order chi connectivity index (χ0) is 29.4. The molecule has 1 aromatic rings. The molecule has 2 rings (SSSR count). The smallest absolute Gasteiger partial charge is 0.348 e. The van der Waals surface area contributed by atoms with Gasteiger partial charge >= 0.3 is 17.9 Å². The van der Waals surface area contributed by atoms with Crippen molar-refractivity contribution in [3.8, 4) is 5.75 Å². The summed E-state index contributed by atoms with van der Waals surface area (Å²) in [7, 11) is 0. The zero-order valence-corrected chi connectivity index (χ0v) is 22.9. The van der Waals surface area contributed by atoms with E-state index >= 15 is 0 Å². The summed E-state index contributed by atoms with van der Waals surface area (Å²) in [5.74, 6) is -7.09. The Balaban J connectivity index is 2.48. The number of carbonyl (C=O) groups is 6. The number of anilines is 1. The summed E-state index contributed by atoms with van der Waals surface area (Å²) in [6.45, 7) is 9.71. The van der Waals surface area contributed by atoms with Crippen molar-refractivity contribution in [2.45, 2.75) is 78.7 Å². The number of para-hydroxylation sites is 1. The largest absolute Gasteiger partial charge is 0.505 e. The Morgan fingerprint density at radius 3 is 2.28 bits per heavy atom. The second kappa shape index (κ2) is 13.7. The molecule has 39 heavy (non-hydrogen) atoms. The average Bonchev–Trinajstić information content (AvgIpc) is 2.88. The summed E-state index contributed by atoms with van der Waals surface area (Å²) in [5.41, 5.74) is -0.349. The molecule has 12 heteroatoms. The fraction of sp³-hybridized carbons (Fsp3) is 0.556. The molecule has 1 aliphatic heterocycles. The number of cyclic esters (lactones) is 3. The van der Waals surface area contributed by atoms with E-state index < -0.39 is 71.5 Å². The molecule has 0 bridgehead atoms. The van der Waals surface area contributed by atoms with Crippen molar-refractivity contribution in [2.75, 3.05) is 5.32 Å². The molecule has 0 saturated carbocycles. The molecule has 1 aliphatic rings. The monoisotopic (exact) mass is 548 g/mol. The Bertz CT molecular complexity index is 1100. The number of Topliss-reactive ketones (excluding diaryl/α,β-unsaturated/α-hetero) is 1. The number of phenolic OH excluding ortho intramolecular Hbond substituents is 1. The SMILES string of the molecule is CCC(C)C1OC(=O)C(NC(=O)c2cccc(NC=O)c2O)C(C)OC(=O)C(C)C(=O)C(CC(C)C)OC1=O. The van der Waals surface area contributed by atoms with Gasteiger partial charge in [-0.05, 0) is 44.7 Å². The third-order valence-corrected chi connectivity index (χ3v) is 6.48. The van der Waals surface area contributed by atoms with Gasteiger partial charge in [0.2, 0.25) is 12.5 Å². The van der Waals surface area contributed by atoms with Crippen molar-refractivity contribution in [2.24, 2.45) is 17.8 Å². The lowest BCUT2D eigenvalue weighted by atomic mass is 9.94. The Labute approximate surface area is 226 Å². The van der Waals surface area contributed by atoms with Crippen LogP contribution in [-0.2, 0) is 38.2 Å². The number of hydrogen-bond acceptors (Lipinski definition) is 10. The van der Waals surface area contributed by atoms with Gasteiger partial charge in [-0.1, -0.05) is 33.8 Å². The van der Waals surface area contributed by atoms with Gasteiger partial charge in [0.1, 0.15) is 12.0 Å². The molecule has 1 fully saturated rings. The maximum atomic E-state index is 13.3.